The van der Waals surface area contributed by atoms with Crippen LogP contribution in [0.3, 0.4) is 0 Å². The Balaban J connectivity index is 0.00000361. The molecule has 0 fully saturated rings. The predicted molar refractivity (Wildman–Crippen MR) is 83.0 cm³/mol. The first kappa shape index (κ1) is 19.2. The zero-order valence-electron chi connectivity index (χ0n) is 11.9. The third-order valence-corrected chi connectivity index (χ3v) is 3.21. The number of hydrogen-bond donors (Lipinski definition) is 2. The molecule has 0 aromatic heterocycles. The minimum Gasteiger partial charge on any atom is -0.346 e. The van der Waals surface area contributed by atoms with Gasteiger partial charge in [0.15, 0.2) is 5.82 Å². The maximum atomic E-state index is 13.8. The Morgan fingerprint density at radius 1 is 1.50 bits per heavy atom. The molecule has 0 spiro atoms. The normalized spacial score (nSPS) is 13.6. The van der Waals surface area contributed by atoms with Gasteiger partial charge in [-0.1, -0.05) is 31.5 Å². The van der Waals surface area contributed by atoms with Crippen molar-refractivity contribution in [3.05, 3.63) is 34.6 Å². The van der Waals surface area contributed by atoms with Crippen LogP contribution in [-0.2, 0) is 0 Å². The Morgan fingerprint density at radius 3 is 2.60 bits per heavy atom. The number of nitrogens with two attached hydrogens (primary N) is 1. The average Bonchev–Trinajstić information content (AvgIpc) is 2.31. The van der Waals surface area contributed by atoms with E-state index < -0.39 is 17.3 Å². The Morgan fingerprint density at radius 2 is 2.10 bits per heavy atom. The van der Waals surface area contributed by atoms with E-state index in [1.807, 2.05) is 20.8 Å². The zero-order chi connectivity index (χ0) is 14.6. The van der Waals surface area contributed by atoms with Crippen LogP contribution in [-0.4, -0.2) is 18.0 Å². The summed E-state index contributed by atoms with van der Waals surface area (Å²) in [6.07, 6.45) is 0.720. The lowest BCUT2D eigenvalue weighted by atomic mass is 9.90. The lowest BCUT2D eigenvalue weighted by molar-refractivity contribution is 0.0894. The lowest BCUT2D eigenvalue weighted by Gasteiger charge is -2.31. The molecule has 0 aliphatic rings. The highest BCUT2D eigenvalue weighted by molar-refractivity contribution is 6.31. The van der Waals surface area contributed by atoms with Gasteiger partial charge in [-0.25, -0.2) is 4.39 Å². The van der Waals surface area contributed by atoms with Crippen molar-refractivity contribution in [2.75, 3.05) is 6.54 Å². The van der Waals surface area contributed by atoms with Crippen molar-refractivity contribution in [2.24, 2.45) is 11.7 Å². The van der Waals surface area contributed by atoms with E-state index in [-0.39, 0.29) is 23.0 Å². The van der Waals surface area contributed by atoms with Crippen LogP contribution in [0.4, 0.5) is 4.39 Å². The number of rotatable bonds is 5. The van der Waals surface area contributed by atoms with Gasteiger partial charge in [0.2, 0.25) is 0 Å². The number of halogens is 3. The van der Waals surface area contributed by atoms with Gasteiger partial charge in [0.05, 0.1) is 10.6 Å². The molecule has 3 N–H and O–H groups in total. The van der Waals surface area contributed by atoms with Gasteiger partial charge in [0.25, 0.3) is 5.91 Å². The number of amides is 1. The van der Waals surface area contributed by atoms with E-state index in [0.29, 0.717) is 12.5 Å². The molecule has 1 unspecified atom stereocenters. The minimum absolute atomic E-state index is 0. The SMILES string of the molecule is CC(C)CC(C)(CN)NC(=O)c1cccc(Cl)c1F.Cl. The van der Waals surface area contributed by atoms with Gasteiger partial charge < -0.3 is 11.1 Å². The minimum atomic E-state index is -0.703. The van der Waals surface area contributed by atoms with Gasteiger partial charge in [0.1, 0.15) is 0 Å². The summed E-state index contributed by atoms with van der Waals surface area (Å²) in [7, 11) is 0. The molecule has 114 valence electrons. The fourth-order valence-electron chi connectivity index (χ4n) is 2.11. The highest BCUT2D eigenvalue weighted by Gasteiger charge is 2.27. The largest absolute Gasteiger partial charge is 0.346 e. The number of nitrogens with one attached hydrogen (secondary N) is 1. The van der Waals surface area contributed by atoms with Crippen LogP contribution in [0.1, 0.15) is 37.6 Å². The number of carbonyl (C=O) groups excluding carboxylic acids is 1. The molecule has 0 bridgehead atoms. The first-order valence-corrected chi connectivity index (χ1v) is 6.63. The van der Waals surface area contributed by atoms with Crippen LogP contribution in [0.2, 0.25) is 5.02 Å². The van der Waals surface area contributed by atoms with Crippen LogP contribution >= 0.6 is 24.0 Å². The summed E-state index contributed by atoms with van der Waals surface area (Å²) >= 11 is 5.67. The average molecular weight is 323 g/mol. The highest BCUT2D eigenvalue weighted by atomic mass is 35.5. The van der Waals surface area contributed by atoms with Crippen molar-refractivity contribution in [2.45, 2.75) is 32.7 Å². The third kappa shape index (κ3) is 4.93. The van der Waals surface area contributed by atoms with Crippen molar-refractivity contribution in [1.29, 1.82) is 0 Å². The number of hydrogen-bond acceptors (Lipinski definition) is 2. The number of benzene rings is 1. The second-order valence-electron chi connectivity index (χ2n) is 5.42. The molecule has 1 aromatic rings. The molecule has 0 radical (unpaired) electrons. The van der Waals surface area contributed by atoms with Crippen molar-refractivity contribution < 1.29 is 9.18 Å². The van der Waals surface area contributed by atoms with Gasteiger partial charge in [0, 0.05) is 12.1 Å². The molecule has 1 atom stereocenters. The fraction of sp³-hybridized carbons (Fsp3) is 0.500. The highest BCUT2D eigenvalue weighted by Crippen LogP contribution is 2.20. The van der Waals surface area contributed by atoms with Gasteiger partial charge in [-0.3, -0.25) is 4.79 Å². The molecular weight excluding hydrogens is 302 g/mol. The molecule has 6 heteroatoms. The molecule has 0 aliphatic heterocycles. The van der Waals surface area contributed by atoms with E-state index in [1.54, 1.807) is 6.07 Å². The summed E-state index contributed by atoms with van der Waals surface area (Å²) in [5, 5.41) is 2.73. The quantitative estimate of drug-likeness (QED) is 0.873. The predicted octanol–water partition coefficient (Wildman–Crippen LogP) is 3.39. The lowest BCUT2D eigenvalue weighted by Crippen LogP contribution is -2.52. The van der Waals surface area contributed by atoms with Crippen molar-refractivity contribution in [3.8, 4) is 0 Å². The molecule has 0 heterocycles. The van der Waals surface area contributed by atoms with Gasteiger partial charge in [-0.15, -0.1) is 12.4 Å². The van der Waals surface area contributed by atoms with Crippen molar-refractivity contribution in [3.63, 3.8) is 0 Å². The monoisotopic (exact) mass is 322 g/mol. The molecule has 3 nitrogen and oxygen atoms in total. The van der Waals surface area contributed by atoms with E-state index >= 15 is 0 Å². The van der Waals surface area contributed by atoms with E-state index in [2.05, 4.69) is 5.32 Å². The van der Waals surface area contributed by atoms with Gasteiger partial charge in [-0.05, 0) is 31.4 Å². The van der Waals surface area contributed by atoms with Gasteiger partial charge in [-0.2, -0.15) is 0 Å². The molecule has 20 heavy (non-hydrogen) atoms. The molecule has 0 saturated carbocycles. The van der Waals surface area contributed by atoms with Crippen LogP contribution < -0.4 is 11.1 Å². The molecule has 0 saturated heterocycles. The Hall–Kier alpha value is -0.840. The summed E-state index contributed by atoms with van der Waals surface area (Å²) in [4.78, 5) is 12.1. The van der Waals surface area contributed by atoms with Crippen LogP contribution in [0.5, 0.6) is 0 Å². The fourth-order valence-corrected chi connectivity index (χ4v) is 2.28. The van der Waals surface area contributed by atoms with Crippen molar-refractivity contribution >= 4 is 29.9 Å². The topological polar surface area (TPSA) is 55.1 Å². The van der Waals surface area contributed by atoms with Gasteiger partial charge >= 0.3 is 0 Å². The second kappa shape index (κ2) is 7.81. The van der Waals surface area contributed by atoms with E-state index in [1.165, 1.54) is 12.1 Å². The van der Waals surface area contributed by atoms with E-state index in [0.717, 1.165) is 6.42 Å². The zero-order valence-corrected chi connectivity index (χ0v) is 13.4. The maximum absolute atomic E-state index is 13.8. The summed E-state index contributed by atoms with van der Waals surface area (Å²) in [6.45, 7) is 6.23. The smallest absolute Gasteiger partial charge is 0.254 e. The summed E-state index contributed by atoms with van der Waals surface area (Å²) in [5.41, 5.74) is 5.10. The molecule has 1 rings (SSSR count). The van der Waals surface area contributed by atoms with E-state index in [9.17, 15) is 9.18 Å². The first-order valence-electron chi connectivity index (χ1n) is 6.25. The Bertz CT molecular complexity index is 468. The van der Waals surface area contributed by atoms with Crippen LogP contribution in [0.25, 0.3) is 0 Å². The standard InChI is InChI=1S/C14H20ClFN2O.ClH/c1-9(2)7-14(3,8-17)18-13(19)10-5-4-6-11(15)12(10)16;/h4-6,9H,7-8,17H2,1-3H3,(H,18,19);1H. The van der Waals surface area contributed by atoms with Crippen LogP contribution in [0, 0.1) is 11.7 Å². The molecule has 1 aromatic carbocycles. The maximum Gasteiger partial charge on any atom is 0.254 e. The van der Waals surface area contributed by atoms with E-state index in [4.69, 9.17) is 17.3 Å². The van der Waals surface area contributed by atoms with Crippen LogP contribution in [0.15, 0.2) is 18.2 Å². The summed E-state index contributed by atoms with van der Waals surface area (Å²) in [6, 6.07) is 4.36. The molecular formula is C14H21Cl2FN2O. The summed E-state index contributed by atoms with van der Waals surface area (Å²) < 4.78 is 13.8. The Labute approximate surface area is 130 Å². The third-order valence-electron chi connectivity index (χ3n) is 2.92. The second-order valence-corrected chi connectivity index (χ2v) is 5.83. The molecule has 0 aliphatic carbocycles. The number of carbonyl (C=O) groups is 1. The van der Waals surface area contributed by atoms with Crippen molar-refractivity contribution in [1.82, 2.24) is 5.32 Å². The Kier molecular flexibility index (Phi) is 7.49. The first-order chi connectivity index (χ1) is 8.79. The molecule has 1 amide bonds. The summed E-state index contributed by atoms with van der Waals surface area (Å²) in [5.74, 6) is -0.822.